The van der Waals surface area contributed by atoms with Crippen molar-refractivity contribution in [3.05, 3.63) is 40.4 Å². The number of anilines is 1. The number of nitrogens with zero attached hydrogens (tertiary/aromatic N) is 3. The first kappa shape index (κ1) is 20.9. The fourth-order valence-electron chi connectivity index (χ4n) is 2.81. The minimum Gasteiger partial charge on any atom is -0.462 e. The van der Waals surface area contributed by atoms with E-state index in [2.05, 4.69) is 9.72 Å². The average molecular weight is 429 g/mol. The summed E-state index contributed by atoms with van der Waals surface area (Å²) >= 11 is 1.09. The number of thiazole rings is 1. The summed E-state index contributed by atoms with van der Waals surface area (Å²) in [6.45, 7) is 4.68. The van der Waals surface area contributed by atoms with E-state index in [4.69, 9.17) is 4.74 Å². The van der Waals surface area contributed by atoms with Crippen LogP contribution >= 0.6 is 11.3 Å². The van der Waals surface area contributed by atoms with Crippen molar-refractivity contribution < 1.29 is 32.2 Å². The van der Waals surface area contributed by atoms with Gasteiger partial charge in [0.1, 0.15) is 10.6 Å². The zero-order valence-electron chi connectivity index (χ0n) is 15.7. The van der Waals surface area contributed by atoms with E-state index < -0.39 is 12.3 Å². The molecule has 2 aromatic rings. The molecule has 1 aliphatic heterocycles. The van der Waals surface area contributed by atoms with Gasteiger partial charge < -0.3 is 14.4 Å². The first-order chi connectivity index (χ1) is 13.7. The zero-order chi connectivity index (χ0) is 21.2. The number of carbonyl (C=O) groups is 2. The average Bonchev–Trinajstić information content (AvgIpc) is 3.19. The Balaban J connectivity index is 1.66. The van der Waals surface area contributed by atoms with Gasteiger partial charge in [-0.3, -0.25) is 4.90 Å². The Bertz CT molecular complexity index is 899. The molecule has 0 radical (unpaired) electrons. The summed E-state index contributed by atoms with van der Waals surface area (Å²) in [7, 11) is 0. The number of aryl methyl sites for hydroxylation is 1. The van der Waals surface area contributed by atoms with Gasteiger partial charge in [0, 0.05) is 19.6 Å². The third-order valence-corrected chi connectivity index (χ3v) is 5.26. The Labute approximate surface area is 168 Å². The quantitative estimate of drug-likeness (QED) is 0.650. The highest BCUT2D eigenvalue weighted by Crippen LogP contribution is 2.30. The third-order valence-electron chi connectivity index (χ3n) is 4.10. The van der Waals surface area contributed by atoms with Gasteiger partial charge in [-0.1, -0.05) is 23.5 Å². The smallest absolute Gasteiger partial charge is 0.462 e. The van der Waals surface area contributed by atoms with Crippen LogP contribution < -0.4 is 9.64 Å². The van der Waals surface area contributed by atoms with Crippen molar-refractivity contribution in [2.45, 2.75) is 26.8 Å². The summed E-state index contributed by atoms with van der Waals surface area (Å²) in [6, 6.07) is 5.07. The van der Waals surface area contributed by atoms with Crippen LogP contribution in [0.5, 0.6) is 5.75 Å². The summed E-state index contributed by atoms with van der Waals surface area (Å²) in [5, 5.41) is 0.409. The summed E-state index contributed by atoms with van der Waals surface area (Å²) in [5.74, 6) is -0.793. The van der Waals surface area contributed by atoms with Gasteiger partial charge in [0.05, 0.1) is 12.3 Å². The van der Waals surface area contributed by atoms with Crippen LogP contribution in [0.15, 0.2) is 24.3 Å². The van der Waals surface area contributed by atoms with Gasteiger partial charge in [-0.15, -0.1) is 13.2 Å². The van der Waals surface area contributed by atoms with Crippen molar-refractivity contribution in [2.24, 2.45) is 0 Å². The first-order valence-corrected chi connectivity index (χ1v) is 9.55. The fraction of sp³-hybridized carbons (Fsp3) is 0.389. The second-order valence-corrected chi connectivity index (χ2v) is 7.16. The number of hydrogen-bond donors (Lipinski definition) is 0. The molecular weight excluding hydrogens is 411 g/mol. The van der Waals surface area contributed by atoms with E-state index >= 15 is 0 Å². The Morgan fingerprint density at radius 2 is 1.93 bits per heavy atom. The van der Waals surface area contributed by atoms with Crippen LogP contribution in [0.25, 0.3) is 0 Å². The van der Waals surface area contributed by atoms with Crippen LogP contribution in [0.3, 0.4) is 0 Å². The third kappa shape index (κ3) is 4.97. The number of aromatic nitrogens is 1. The molecule has 2 heterocycles. The van der Waals surface area contributed by atoms with Crippen LogP contribution in [0, 0.1) is 6.92 Å². The minimum absolute atomic E-state index is 0.233. The van der Waals surface area contributed by atoms with Gasteiger partial charge >= 0.3 is 18.4 Å². The van der Waals surface area contributed by atoms with Crippen molar-refractivity contribution in [3.8, 4) is 5.75 Å². The van der Waals surface area contributed by atoms with Crippen LogP contribution in [0.2, 0.25) is 0 Å². The number of urea groups is 1. The van der Waals surface area contributed by atoms with Gasteiger partial charge in [-0.2, -0.15) is 0 Å². The van der Waals surface area contributed by atoms with Gasteiger partial charge in [0.25, 0.3) is 0 Å². The highest BCUT2D eigenvalue weighted by molar-refractivity contribution is 7.17. The molecule has 0 spiro atoms. The normalized spacial score (nSPS) is 14.4. The molecule has 0 N–H and O–H groups in total. The van der Waals surface area contributed by atoms with E-state index in [0.717, 1.165) is 11.3 Å². The van der Waals surface area contributed by atoms with Crippen molar-refractivity contribution in [1.82, 2.24) is 9.88 Å². The fourth-order valence-corrected chi connectivity index (χ4v) is 3.79. The molecule has 0 atom stereocenters. The molecule has 29 heavy (non-hydrogen) atoms. The van der Waals surface area contributed by atoms with Crippen LogP contribution in [-0.4, -0.2) is 47.9 Å². The first-order valence-electron chi connectivity index (χ1n) is 8.73. The van der Waals surface area contributed by atoms with Crippen molar-refractivity contribution in [2.75, 3.05) is 24.6 Å². The highest BCUT2D eigenvalue weighted by Gasteiger charge is 2.33. The maximum atomic E-state index is 12.7. The summed E-state index contributed by atoms with van der Waals surface area (Å²) in [5.41, 5.74) is 1.16. The molecule has 1 aromatic carbocycles. The predicted molar refractivity (Wildman–Crippen MR) is 99.1 cm³/mol. The molecule has 3 rings (SSSR count). The van der Waals surface area contributed by atoms with Crippen molar-refractivity contribution in [1.29, 1.82) is 0 Å². The van der Waals surface area contributed by atoms with E-state index in [-0.39, 0.29) is 24.9 Å². The molecule has 2 amide bonds. The molecule has 1 aromatic heterocycles. The van der Waals surface area contributed by atoms with E-state index in [9.17, 15) is 22.8 Å². The molecule has 0 saturated carbocycles. The number of amides is 2. The van der Waals surface area contributed by atoms with Crippen molar-refractivity contribution in [3.63, 3.8) is 0 Å². The molecule has 11 heteroatoms. The van der Waals surface area contributed by atoms with E-state index in [1.54, 1.807) is 18.7 Å². The SMILES string of the molecule is CCOC(=O)c1sc(N2CCN(Cc3ccc(OC(F)(F)F)cc3)C2=O)nc1C. The van der Waals surface area contributed by atoms with E-state index in [0.29, 0.717) is 34.4 Å². The van der Waals surface area contributed by atoms with E-state index in [1.807, 2.05) is 0 Å². The number of carbonyl (C=O) groups excluding carboxylic acids is 2. The monoisotopic (exact) mass is 429 g/mol. The number of hydrogen-bond acceptors (Lipinski definition) is 6. The number of rotatable bonds is 6. The number of esters is 1. The number of benzene rings is 1. The lowest BCUT2D eigenvalue weighted by Crippen LogP contribution is -2.31. The maximum Gasteiger partial charge on any atom is 0.573 e. The molecular formula is C18H18F3N3O4S. The van der Waals surface area contributed by atoms with Crippen LogP contribution in [-0.2, 0) is 11.3 Å². The second kappa shape index (κ2) is 8.27. The summed E-state index contributed by atoms with van der Waals surface area (Å²) < 4.78 is 45.5. The molecule has 0 bridgehead atoms. The van der Waals surface area contributed by atoms with Gasteiger partial charge in [-0.05, 0) is 31.5 Å². The standard InChI is InChI=1S/C18H18F3N3O4S/c1-3-27-15(25)14-11(2)22-16(29-14)24-9-8-23(17(24)26)10-12-4-6-13(7-5-12)28-18(19,20)21/h4-7H,3,8-10H2,1-2H3. The molecule has 0 aliphatic carbocycles. The number of halogens is 3. The molecule has 7 nitrogen and oxygen atoms in total. The molecule has 156 valence electrons. The van der Waals surface area contributed by atoms with Crippen LogP contribution in [0.1, 0.15) is 27.9 Å². The van der Waals surface area contributed by atoms with Gasteiger partial charge in [-0.25, -0.2) is 14.6 Å². The van der Waals surface area contributed by atoms with Gasteiger partial charge in [0.15, 0.2) is 5.13 Å². The largest absolute Gasteiger partial charge is 0.573 e. The lowest BCUT2D eigenvalue weighted by atomic mass is 10.2. The molecule has 1 fully saturated rings. The number of alkyl halides is 3. The highest BCUT2D eigenvalue weighted by atomic mass is 32.1. The van der Waals surface area contributed by atoms with Crippen LogP contribution in [0.4, 0.5) is 23.1 Å². The molecule has 0 unspecified atom stereocenters. The van der Waals surface area contributed by atoms with E-state index in [1.165, 1.54) is 29.2 Å². The predicted octanol–water partition coefficient (Wildman–Crippen LogP) is 3.97. The lowest BCUT2D eigenvalue weighted by Gasteiger charge is -2.17. The summed E-state index contributed by atoms with van der Waals surface area (Å²) in [6.07, 6.45) is -4.75. The minimum atomic E-state index is -4.75. The van der Waals surface area contributed by atoms with Gasteiger partial charge in [0.2, 0.25) is 0 Å². The Morgan fingerprint density at radius 3 is 2.55 bits per heavy atom. The number of ether oxygens (including phenoxy) is 2. The molecule has 1 aliphatic rings. The second-order valence-electron chi connectivity index (χ2n) is 6.18. The Morgan fingerprint density at radius 1 is 1.24 bits per heavy atom. The topological polar surface area (TPSA) is 72.0 Å². The maximum absolute atomic E-state index is 12.7. The Kier molecular flexibility index (Phi) is 5.96. The Hall–Kier alpha value is -2.82. The zero-order valence-corrected chi connectivity index (χ0v) is 16.5. The lowest BCUT2D eigenvalue weighted by molar-refractivity contribution is -0.274. The van der Waals surface area contributed by atoms with Crippen molar-refractivity contribution >= 4 is 28.5 Å². The summed E-state index contributed by atoms with van der Waals surface area (Å²) in [4.78, 5) is 32.3. The molecule has 1 saturated heterocycles.